The van der Waals surface area contributed by atoms with Gasteiger partial charge >= 0.3 is 5.69 Å². The maximum atomic E-state index is 13.7. The zero-order valence-corrected chi connectivity index (χ0v) is 24.1. The predicted octanol–water partition coefficient (Wildman–Crippen LogP) is 3.43. The van der Waals surface area contributed by atoms with E-state index in [0.717, 1.165) is 15.7 Å². The van der Waals surface area contributed by atoms with Crippen molar-refractivity contribution in [3.05, 3.63) is 104 Å². The lowest BCUT2D eigenvalue weighted by Crippen LogP contribution is -2.46. The number of aromatic nitrogens is 2. The van der Waals surface area contributed by atoms with Crippen LogP contribution in [-0.2, 0) is 48.4 Å². The summed E-state index contributed by atoms with van der Waals surface area (Å²) in [6.07, 6.45) is -0.791. The highest BCUT2D eigenvalue weighted by Crippen LogP contribution is 2.36. The van der Waals surface area contributed by atoms with Gasteiger partial charge in [-0.05, 0) is 24.5 Å². The van der Waals surface area contributed by atoms with Gasteiger partial charge in [-0.25, -0.2) is 9.36 Å². The summed E-state index contributed by atoms with van der Waals surface area (Å²) in [5, 5.41) is 0. The Morgan fingerprint density at radius 3 is 2.17 bits per heavy atom. The van der Waals surface area contributed by atoms with Gasteiger partial charge in [-0.15, -0.1) is 0 Å². The normalized spacial score (nSPS) is 21.3. The minimum absolute atomic E-state index is 0.203. The predicted molar refractivity (Wildman–Crippen MR) is 153 cm³/mol. The summed E-state index contributed by atoms with van der Waals surface area (Å²) in [4.78, 5) is 26.7. The van der Waals surface area contributed by atoms with Gasteiger partial charge < -0.3 is 28.4 Å². The average Bonchev–Trinajstić information content (AvgIpc) is 3.36. The number of methoxy groups -OCH3 is 2. The quantitative estimate of drug-likeness (QED) is 0.257. The number of ether oxygens (including phenoxy) is 6. The fraction of sp³-hybridized carbons (Fsp3) is 0.484. The van der Waals surface area contributed by atoms with Gasteiger partial charge in [0.2, 0.25) is 0 Å². The Balaban J connectivity index is 1.61. The number of rotatable bonds is 15. The van der Waals surface area contributed by atoms with Crippen molar-refractivity contribution in [2.24, 2.45) is 0 Å². The summed E-state index contributed by atoms with van der Waals surface area (Å²) < 4.78 is 38.4. The van der Waals surface area contributed by atoms with Crippen molar-refractivity contribution >= 4 is 0 Å². The van der Waals surface area contributed by atoms with Crippen LogP contribution in [0.3, 0.4) is 0 Å². The molecule has 0 saturated carbocycles. The van der Waals surface area contributed by atoms with Crippen LogP contribution in [-0.4, -0.2) is 61.0 Å². The lowest BCUT2D eigenvalue weighted by molar-refractivity contribution is -0.119. The van der Waals surface area contributed by atoms with Gasteiger partial charge in [0, 0.05) is 26.0 Å². The first kappa shape index (κ1) is 30.8. The second-order valence-electron chi connectivity index (χ2n) is 9.96. The van der Waals surface area contributed by atoms with E-state index in [4.69, 9.17) is 28.4 Å². The SMILES string of the molecule is CC[C@@H](OCc1ccccc1)[C@H]1O[C@@H](n2cc(C)c(=O)n(COCc3ccccc3)c2=O)[C@H](OCCOC)[C@@H]1OC. The third-order valence-corrected chi connectivity index (χ3v) is 7.14. The van der Waals surface area contributed by atoms with E-state index in [1.54, 1.807) is 21.1 Å². The van der Waals surface area contributed by atoms with Crippen molar-refractivity contribution in [2.45, 2.75) is 70.9 Å². The van der Waals surface area contributed by atoms with Gasteiger partial charge in [0.25, 0.3) is 5.56 Å². The second-order valence-corrected chi connectivity index (χ2v) is 9.96. The lowest BCUT2D eigenvalue weighted by atomic mass is 10.0. The molecular formula is C31H40N2O8. The molecular weight excluding hydrogens is 528 g/mol. The van der Waals surface area contributed by atoms with Crippen LogP contribution in [0.25, 0.3) is 0 Å². The summed E-state index contributed by atoms with van der Waals surface area (Å²) in [6.45, 7) is 4.75. The summed E-state index contributed by atoms with van der Waals surface area (Å²) in [6, 6.07) is 19.4. The Morgan fingerprint density at radius 2 is 1.56 bits per heavy atom. The molecule has 1 aliphatic rings. The summed E-state index contributed by atoms with van der Waals surface area (Å²) in [7, 11) is 3.18. The molecule has 222 valence electrons. The first-order valence-electron chi connectivity index (χ1n) is 13.9. The molecule has 41 heavy (non-hydrogen) atoms. The molecule has 4 rings (SSSR count). The van der Waals surface area contributed by atoms with Crippen LogP contribution in [0, 0.1) is 6.92 Å². The smallest absolute Gasteiger partial charge is 0.335 e. The molecule has 5 atom stereocenters. The Bertz CT molecular complexity index is 1330. The molecule has 10 heteroatoms. The molecule has 0 radical (unpaired) electrons. The van der Waals surface area contributed by atoms with Crippen molar-refractivity contribution in [2.75, 3.05) is 27.4 Å². The second kappa shape index (κ2) is 15.2. The third kappa shape index (κ3) is 7.59. The van der Waals surface area contributed by atoms with Crippen molar-refractivity contribution < 1.29 is 28.4 Å². The van der Waals surface area contributed by atoms with E-state index in [-0.39, 0.29) is 26.0 Å². The highest BCUT2D eigenvalue weighted by molar-refractivity contribution is 5.14. The van der Waals surface area contributed by atoms with Crippen molar-refractivity contribution in [3.8, 4) is 0 Å². The first-order chi connectivity index (χ1) is 20.0. The Kier molecular flexibility index (Phi) is 11.4. The molecule has 0 spiro atoms. The number of hydrogen-bond acceptors (Lipinski definition) is 8. The number of benzene rings is 2. The van der Waals surface area contributed by atoms with E-state index >= 15 is 0 Å². The van der Waals surface area contributed by atoms with E-state index in [1.807, 2.05) is 67.6 Å². The van der Waals surface area contributed by atoms with Crippen molar-refractivity contribution in [1.82, 2.24) is 9.13 Å². The molecule has 2 aromatic carbocycles. The minimum Gasteiger partial charge on any atom is -0.382 e. The monoisotopic (exact) mass is 568 g/mol. The largest absolute Gasteiger partial charge is 0.382 e. The van der Waals surface area contributed by atoms with E-state index < -0.39 is 35.8 Å². The van der Waals surface area contributed by atoms with Crippen molar-refractivity contribution in [1.29, 1.82) is 0 Å². The maximum absolute atomic E-state index is 13.7. The van der Waals surface area contributed by atoms with Gasteiger partial charge in [0.05, 0.1) is 32.5 Å². The molecule has 1 aromatic heterocycles. The molecule has 0 bridgehead atoms. The number of aryl methyl sites for hydroxylation is 1. The fourth-order valence-electron chi connectivity index (χ4n) is 5.01. The number of hydrogen-bond donors (Lipinski definition) is 0. The van der Waals surface area contributed by atoms with Crippen LogP contribution >= 0.6 is 0 Å². The molecule has 1 aliphatic heterocycles. The van der Waals surface area contributed by atoms with Gasteiger partial charge in [0.1, 0.15) is 25.0 Å². The Morgan fingerprint density at radius 1 is 0.902 bits per heavy atom. The standard InChI is InChI=1S/C31H40N2O8/c1-5-25(40-20-24-14-10-7-11-15-24)26-27(37-4)28(39-17-16-36-3)30(41-26)32-18-22(2)29(34)33(31(32)35)21-38-19-23-12-8-6-9-13-23/h6-15,18,25-28,30H,5,16-17,19-21H2,1-4H3/t25-,26-,27-,28-,30-/m1/s1. The summed E-state index contributed by atoms with van der Waals surface area (Å²) >= 11 is 0. The molecule has 0 aliphatic carbocycles. The molecule has 0 amide bonds. The summed E-state index contributed by atoms with van der Waals surface area (Å²) in [5.41, 5.74) is 1.36. The highest BCUT2D eigenvalue weighted by atomic mass is 16.6. The van der Waals surface area contributed by atoms with Crippen LogP contribution in [0.15, 0.2) is 76.4 Å². The van der Waals surface area contributed by atoms with E-state index in [2.05, 4.69) is 0 Å². The molecule has 2 heterocycles. The molecule has 1 fully saturated rings. The van der Waals surface area contributed by atoms with Gasteiger partial charge in [0.15, 0.2) is 6.23 Å². The summed E-state index contributed by atoms with van der Waals surface area (Å²) in [5.74, 6) is 0. The molecule has 1 saturated heterocycles. The van der Waals surface area contributed by atoms with Crippen molar-refractivity contribution in [3.63, 3.8) is 0 Å². The van der Waals surface area contributed by atoms with Crippen LogP contribution in [0.5, 0.6) is 0 Å². The molecule has 0 N–H and O–H groups in total. The Labute approximate surface area is 240 Å². The van der Waals surface area contributed by atoms with E-state index in [0.29, 0.717) is 25.2 Å². The first-order valence-corrected chi connectivity index (χ1v) is 13.9. The van der Waals surface area contributed by atoms with Gasteiger partial charge in [-0.3, -0.25) is 9.36 Å². The fourth-order valence-corrected chi connectivity index (χ4v) is 5.01. The van der Waals surface area contributed by atoms with Crippen LogP contribution in [0.4, 0.5) is 0 Å². The van der Waals surface area contributed by atoms with Crippen LogP contribution in [0.2, 0.25) is 0 Å². The maximum Gasteiger partial charge on any atom is 0.335 e. The minimum atomic E-state index is -0.872. The lowest BCUT2D eigenvalue weighted by Gasteiger charge is -2.27. The molecule has 3 aromatic rings. The third-order valence-electron chi connectivity index (χ3n) is 7.14. The molecule has 0 unspecified atom stereocenters. The topological polar surface area (TPSA) is 99.4 Å². The van der Waals surface area contributed by atoms with Crippen LogP contribution < -0.4 is 11.2 Å². The molecule has 10 nitrogen and oxygen atoms in total. The van der Waals surface area contributed by atoms with Crippen LogP contribution in [0.1, 0.15) is 36.3 Å². The zero-order valence-electron chi connectivity index (χ0n) is 24.1. The highest BCUT2D eigenvalue weighted by Gasteiger charge is 2.50. The van der Waals surface area contributed by atoms with Gasteiger partial charge in [-0.2, -0.15) is 0 Å². The van der Waals surface area contributed by atoms with Gasteiger partial charge in [-0.1, -0.05) is 67.6 Å². The zero-order chi connectivity index (χ0) is 29.2. The Hall–Kier alpha value is -3.12. The average molecular weight is 569 g/mol. The van der Waals surface area contributed by atoms with E-state index in [9.17, 15) is 9.59 Å². The number of nitrogens with zero attached hydrogens (tertiary/aromatic N) is 2. The van der Waals surface area contributed by atoms with E-state index in [1.165, 1.54) is 10.8 Å².